The second-order valence-electron chi connectivity index (χ2n) is 4.83. The Hall–Kier alpha value is -3.42. The molecular weight excluding hydrogens is 326 g/mol. The minimum absolute atomic E-state index is 0.0677. The van der Waals surface area contributed by atoms with Gasteiger partial charge in [0.1, 0.15) is 11.4 Å². The number of aryl methyl sites for hydroxylation is 1. The van der Waals surface area contributed by atoms with Gasteiger partial charge in [0.25, 0.3) is 0 Å². The molecule has 1 N–H and O–H groups in total. The maximum atomic E-state index is 11.8. The quantitative estimate of drug-likeness (QED) is 0.629. The lowest BCUT2D eigenvalue weighted by atomic mass is 10.2. The lowest BCUT2D eigenvalue weighted by molar-refractivity contribution is -0.138. The first kappa shape index (κ1) is 17.9. The Kier molecular flexibility index (Phi) is 6.05. The van der Waals surface area contributed by atoms with Crippen LogP contribution in [0.3, 0.4) is 0 Å². The van der Waals surface area contributed by atoms with E-state index in [-0.39, 0.29) is 5.70 Å². The number of hydrogen-bond acceptors (Lipinski definition) is 8. The maximum Gasteiger partial charge on any atom is 0.354 e. The van der Waals surface area contributed by atoms with Gasteiger partial charge in [0, 0.05) is 18.0 Å². The molecule has 8 nitrogen and oxygen atoms in total. The van der Waals surface area contributed by atoms with E-state index in [2.05, 4.69) is 24.8 Å². The van der Waals surface area contributed by atoms with Crippen molar-refractivity contribution in [3.05, 3.63) is 54.1 Å². The number of esters is 2. The summed E-state index contributed by atoms with van der Waals surface area (Å²) < 4.78 is 14.8. The lowest BCUT2D eigenvalue weighted by Gasteiger charge is -2.11. The molecule has 0 aliphatic heterocycles. The average Bonchev–Trinajstić information content (AvgIpc) is 2.60. The van der Waals surface area contributed by atoms with E-state index < -0.39 is 11.9 Å². The maximum absolute atomic E-state index is 11.8. The molecule has 0 spiro atoms. The summed E-state index contributed by atoms with van der Waals surface area (Å²) in [7, 11) is 2.43. The molecule has 0 aliphatic rings. The summed E-state index contributed by atoms with van der Waals surface area (Å²) >= 11 is 0. The van der Waals surface area contributed by atoms with Crippen molar-refractivity contribution in [2.24, 2.45) is 0 Å². The molecule has 1 heterocycles. The van der Waals surface area contributed by atoms with Gasteiger partial charge < -0.3 is 19.5 Å². The number of methoxy groups -OCH3 is 2. The zero-order valence-corrected chi connectivity index (χ0v) is 14.0. The first-order chi connectivity index (χ1) is 12.0. The molecule has 2 rings (SSSR count). The van der Waals surface area contributed by atoms with Crippen molar-refractivity contribution in [1.82, 2.24) is 9.97 Å². The zero-order valence-electron chi connectivity index (χ0n) is 14.0. The van der Waals surface area contributed by atoms with Crippen molar-refractivity contribution in [1.29, 1.82) is 0 Å². The van der Waals surface area contributed by atoms with E-state index in [9.17, 15) is 9.59 Å². The highest BCUT2D eigenvalue weighted by atomic mass is 16.5. The molecule has 8 heteroatoms. The number of ether oxygens (including phenoxy) is 3. The van der Waals surface area contributed by atoms with Crippen LogP contribution in [-0.4, -0.2) is 36.1 Å². The Morgan fingerprint density at radius 2 is 1.96 bits per heavy atom. The zero-order chi connectivity index (χ0) is 18.2. The number of anilines is 1. The predicted molar refractivity (Wildman–Crippen MR) is 89.0 cm³/mol. The average molecular weight is 343 g/mol. The molecule has 1 aromatic heterocycles. The third-order valence-corrected chi connectivity index (χ3v) is 2.94. The van der Waals surface area contributed by atoms with Gasteiger partial charge in [0.2, 0.25) is 5.88 Å². The molecule has 1 aromatic carbocycles. The molecule has 0 aliphatic carbocycles. The number of carbonyl (C=O) groups is 2. The van der Waals surface area contributed by atoms with Gasteiger partial charge in [-0.3, -0.25) is 4.98 Å². The van der Waals surface area contributed by atoms with Crippen molar-refractivity contribution in [2.75, 3.05) is 19.5 Å². The van der Waals surface area contributed by atoms with Crippen LogP contribution < -0.4 is 10.1 Å². The minimum Gasteiger partial charge on any atom is -0.466 e. The molecule has 0 saturated carbocycles. The van der Waals surface area contributed by atoms with Gasteiger partial charge in [-0.05, 0) is 19.1 Å². The molecule has 0 fully saturated rings. The fraction of sp³-hybridized carbons (Fsp3) is 0.176. The van der Waals surface area contributed by atoms with Crippen LogP contribution in [-0.2, 0) is 19.1 Å². The Morgan fingerprint density at radius 1 is 1.16 bits per heavy atom. The van der Waals surface area contributed by atoms with Gasteiger partial charge in [0.15, 0.2) is 0 Å². The Balaban J connectivity index is 2.20. The molecule has 0 atom stereocenters. The minimum atomic E-state index is -0.707. The van der Waals surface area contributed by atoms with E-state index in [4.69, 9.17) is 4.74 Å². The molecule has 2 aromatic rings. The van der Waals surface area contributed by atoms with Gasteiger partial charge in [-0.2, -0.15) is 0 Å². The van der Waals surface area contributed by atoms with Crippen LogP contribution in [0.1, 0.15) is 5.69 Å². The van der Waals surface area contributed by atoms with Crippen molar-refractivity contribution in [2.45, 2.75) is 6.92 Å². The highest BCUT2D eigenvalue weighted by Gasteiger charge is 2.13. The Bertz CT molecular complexity index is 804. The normalized spacial score (nSPS) is 10.8. The van der Waals surface area contributed by atoms with Gasteiger partial charge in [0.05, 0.1) is 32.2 Å². The third kappa shape index (κ3) is 5.31. The number of nitrogens with one attached hydrogen (secondary N) is 1. The summed E-state index contributed by atoms with van der Waals surface area (Å²) in [5.41, 5.74) is 1.17. The largest absolute Gasteiger partial charge is 0.466 e. The van der Waals surface area contributed by atoms with E-state index in [0.29, 0.717) is 17.3 Å². The Labute approximate surface area is 144 Å². The molecule has 0 bridgehead atoms. The first-order valence-electron chi connectivity index (χ1n) is 7.23. The van der Waals surface area contributed by atoms with Gasteiger partial charge in [-0.25, -0.2) is 14.6 Å². The summed E-state index contributed by atoms with van der Waals surface area (Å²) in [4.78, 5) is 31.4. The summed E-state index contributed by atoms with van der Waals surface area (Å²) in [5, 5.41) is 2.80. The van der Waals surface area contributed by atoms with Crippen LogP contribution in [0.25, 0.3) is 0 Å². The number of aromatic nitrogens is 2. The number of carbonyl (C=O) groups excluding carboxylic acids is 2. The smallest absolute Gasteiger partial charge is 0.354 e. The topological polar surface area (TPSA) is 99.6 Å². The molecule has 0 amide bonds. The molecule has 25 heavy (non-hydrogen) atoms. The van der Waals surface area contributed by atoms with E-state index in [1.165, 1.54) is 20.4 Å². The monoisotopic (exact) mass is 343 g/mol. The fourth-order valence-electron chi connectivity index (χ4n) is 1.84. The lowest BCUT2D eigenvalue weighted by Crippen LogP contribution is -2.15. The Morgan fingerprint density at radius 3 is 2.64 bits per heavy atom. The van der Waals surface area contributed by atoms with Crippen LogP contribution in [0.15, 0.2) is 48.4 Å². The highest BCUT2D eigenvalue weighted by Crippen LogP contribution is 2.23. The number of nitrogens with zero attached hydrogens (tertiary/aromatic N) is 2. The SMILES string of the molecule is COC(=O)/C=C(/Nc1cccc(Oc2cncc(C)n2)c1)C(=O)OC. The molecule has 0 saturated heterocycles. The number of rotatable bonds is 6. The van der Waals surface area contributed by atoms with Crippen LogP contribution in [0, 0.1) is 6.92 Å². The molecular formula is C17H17N3O5. The van der Waals surface area contributed by atoms with Crippen molar-refractivity contribution < 1.29 is 23.8 Å². The van der Waals surface area contributed by atoms with E-state index in [0.717, 1.165) is 11.8 Å². The van der Waals surface area contributed by atoms with Gasteiger partial charge in [-0.1, -0.05) is 6.07 Å². The highest BCUT2D eigenvalue weighted by molar-refractivity contribution is 5.98. The number of hydrogen-bond donors (Lipinski definition) is 1. The van der Waals surface area contributed by atoms with Gasteiger partial charge in [-0.15, -0.1) is 0 Å². The van der Waals surface area contributed by atoms with Crippen molar-refractivity contribution in [3.8, 4) is 11.6 Å². The summed E-state index contributed by atoms with van der Waals surface area (Å²) in [6, 6.07) is 6.77. The summed E-state index contributed by atoms with van der Waals surface area (Å²) in [6.07, 6.45) is 4.11. The predicted octanol–water partition coefficient (Wildman–Crippen LogP) is 2.22. The third-order valence-electron chi connectivity index (χ3n) is 2.94. The van der Waals surface area contributed by atoms with Crippen LogP contribution in [0.5, 0.6) is 11.6 Å². The van der Waals surface area contributed by atoms with Crippen LogP contribution in [0.2, 0.25) is 0 Å². The van der Waals surface area contributed by atoms with Gasteiger partial charge >= 0.3 is 11.9 Å². The molecule has 130 valence electrons. The van der Waals surface area contributed by atoms with Crippen molar-refractivity contribution >= 4 is 17.6 Å². The van der Waals surface area contributed by atoms with Crippen LogP contribution in [0.4, 0.5) is 5.69 Å². The standard InChI is InChI=1S/C17H17N3O5/c1-11-9-18-10-15(19-11)25-13-6-4-5-12(7-13)20-14(17(22)24-3)8-16(21)23-2/h4-10,20H,1-3H3/b14-8+. The summed E-state index contributed by atoms with van der Waals surface area (Å²) in [5.74, 6) is -0.570. The van der Waals surface area contributed by atoms with E-state index in [1.54, 1.807) is 37.4 Å². The second-order valence-corrected chi connectivity index (χ2v) is 4.83. The second kappa shape index (κ2) is 8.44. The molecule has 0 unspecified atom stereocenters. The van der Waals surface area contributed by atoms with E-state index in [1.807, 2.05) is 0 Å². The number of benzene rings is 1. The summed E-state index contributed by atoms with van der Waals surface area (Å²) in [6.45, 7) is 1.80. The first-order valence-corrected chi connectivity index (χ1v) is 7.23. The van der Waals surface area contributed by atoms with E-state index >= 15 is 0 Å². The fourth-order valence-corrected chi connectivity index (χ4v) is 1.84. The van der Waals surface area contributed by atoms with Crippen LogP contribution >= 0.6 is 0 Å². The van der Waals surface area contributed by atoms with Crippen molar-refractivity contribution in [3.63, 3.8) is 0 Å². The molecule has 0 radical (unpaired) electrons.